The number of nitrogens with one attached hydrogen (secondary N) is 1. The van der Waals surface area contributed by atoms with E-state index in [1.165, 1.54) is 12.1 Å². The number of hydrogen-bond acceptors (Lipinski definition) is 3. The van der Waals surface area contributed by atoms with E-state index in [9.17, 15) is 13.2 Å². The van der Waals surface area contributed by atoms with Gasteiger partial charge in [0.05, 0.1) is 10.5 Å². The first-order chi connectivity index (χ1) is 9.29. The maximum absolute atomic E-state index is 12.2. The summed E-state index contributed by atoms with van der Waals surface area (Å²) in [5.41, 5.74) is 0.439. The van der Waals surface area contributed by atoms with Gasteiger partial charge < -0.3 is 5.11 Å². The highest BCUT2D eigenvalue weighted by atomic mass is 79.9. The monoisotopic (exact) mass is 363 g/mol. The minimum atomic E-state index is -3.69. The molecule has 7 heteroatoms. The molecule has 1 rings (SSSR count). The van der Waals surface area contributed by atoms with Crippen molar-refractivity contribution in [1.29, 1.82) is 0 Å². The highest BCUT2D eigenvalue weighted by molar-refractivity contribution is 9.10. The van der Waals surface area contributed by atoms with Gasteiger partial charge >= 0.3 is 5.97 Å². The van der Waals surface area contributed by atoms with E-state index in [2.05, 4.69) is 20.7 Å². The van der Waals surface area contributed by atoms with Crippen LogP contribution in [-0.2, 0) is 10.0 Å². The normalized spacial score (nSPS) is 11.6. The lowest BCUT2D eigenvalue weighted by Crippen LogP contribution is -2.26. The Hall–Kier alpha value is -0.920. The van der Waals surface area contributed by atoms with Crippen LogP contribution in [0.1, 0.15) is 42.1 Å². The zero-order valence-corrected chi connectivity index (χ0v) is 13.8. The van der Waals surface area contributed by atoms with E-state index in [1.807, 2.05) is 6.92 Å². The Morgan fingerprint density at radius 1 is 1.35 bits per heavy atom. The number of carboxylic acid groups (broad SMARTS) is 1. The third-order valence-corrected chi connectivity index (χ3v) is 5.32. The molecular weight excluding hydrogens is 346 g/mol. The van der Waals surface area contributed by atoms with Gasteiger partial charge in [-0.25, -0.2) is 17.9 Å². The van der Waals surface area contributed by atoms with Gasteiger partial charge in [0.2, 0.25) is 10.0 Å². The Bertz CT molecular complexity index is 599. The predicted octanol–water partition coefficient (Wildman–Crippen LogP) is 2.92. The molecule has 1 aromatic rings. The van der Waals surface area contributed by atoms with E-state index in [0.717, 1.165) is 19.3 Å². The molecule has 0 radical (unpaired) electrons. The summed E-state index contributed by atoms with van der Waals surface area (Å²) in [7, 11) is -3.69. The average Bonchev–Trinajstić information content (AvgIpc) is 2.37. The second-order valence-electron chi connectivity index (χ2n) is 4.49. The summed E-state index contributed by atoms with van der Waals surface area (Å²) in [6, 6.07) is 2.58. The summed E-state index contributed by atoms with van der Waals surface area (Å²) in [6.07, 6.45) is 2.70. The summed E-state index contributed by atoms with van der Waals surface area (Å²) in [5, 5.41) is 9.00. The van der Waals surface area contributed by atoms with Gasteiger partial charge in [0, 0.05) is 11.0 Å². The third-order valence-electron chi connectivity index (χ3n) is 2.91. The van der Waals surface area contributed by atoms with Gasteiger partial charge in [-0.15, -0.1) is 0 Å². The smallest absolute Gasteiger partial charge is 0.335 e. The van der Waals surface area contributed by atoms with Crippen LogP contribution in [0.4, 0.5) is 0 Å². The maximum atomic E-state index is 12.2. The van der Waals surface area contributed by atoms with Crippen molar-refractivity contribution >= 4 is 31.9 Å². The molecule has 0 aliphatic carbocycles. The molecule has 0 fully saturated rings. The molecule has 0 unspecified atom stereocenters. The predicted molar refractivity (Wildman–Crippen MR) is 80.6 cm³/mol. The maximum Gasteiger partial charge on any atom is 0.335 e. The van der Waals surface area contributed by atoms with Gasteiger partial charge in [0.1, 0.15) is 0 Å². The molecule has 0 bridgehead atoms. The lowest BCUT2D eigenvalue weighted by molar-refractivity contribution is 0.0696. The fourth-order valence-electron chi connectivity index (χ4n) is 1.72. The molecule has 0 amide bonds. The van der Waals surface area contributed by atoms with E-state index in [0.29, 0.717) is 16.6 Å². The standard InChI is InChI=1S/C13H18BrNO4S/c1-3-4-5-6-15-20(18,19)12-8-10(13(16)17)7-11(14)9(12)2/h7-8,15H,3-6H2,1-2H3,(H,16,17). The summed E-state index contributed by atoms with van der Waals surface area (Å²) >= 11 is 3.20. The number of hydrogen-bond donors (Lipinski definition) is 2. The van der Waals surface area contributed by atoms with Crippen LogP contribution in [0.25, 0.3) is 0 Å². The van der Waals surface area contributed by atoms with Crippen LogP contribution in [0, 0.1) is 6.92 Å². The van der Waals surface area contributed by atoms with Crippen molar-refractivity contribution in [1.82, 2.24) is 4.72 Å². The van der Waals surface area contributed by atoms with Crippen molar-refractivity contribution < 1.29 is 18.3 Å². The van der Waals surface area contributed by atoms with E-state index in [4.69, 9.17) is 5.11 Å². The number of aromatic carboxylic acids is 1. The zero-order chi connectivity index (χ0) is 15.3. The molecule has 0 heterocycles. The number of unbranched alkanes of at least 4 members (excludes halogenated alkanes) is 2. The quantitative estimate of drug-likeness (QED) is 0.729. The number of rotatable bonds is 7. The Labute approximate surface area is 127 Å². The highest BCUT2D eigenvalue weighted by Crippen LogP contribution is 2.25. The molecule has 0 atom stereocenters. The molecule has 1 aromatic carbocycles. The average molecular weight is 364 g/mol. The van der Waals surface area contributed by atoms with Gasteiger partial charge in [0.25, 0.3) is 0 Å². The van der Waals surface area contributed by atoms with E-state index in [-0.39, 0.29) is 10.5 Å². The van der Waals surface area contributed by atoms with Gasteiger partial charge in [-0.3, -0.25) is 0 Å². The Kier molecular flexibility index (Phi) is 6.16. The first kappa shape index (κ1) is 17.1. The fourth-order valence-corrected chi connectivity index (χ4v) is 3.67. The van der Waals surface area contributed by atoms with Crippen LogP contribution in [0.2, 0.25) is 0 Å². The number of sulfonamides is 1. The van der Waals surface area contributed by atoms with Gasteiger partial charge in [-0.05, 0) is 31.0 Å². The van der Waals surface area contributed by atoms with Crippen molar-refractivity contribution in [2.24, 2.45) is 0 Å². The van der Waals surface area contributed by atoms with Crippen LogP contribution >= 0.6 is 15.9 Å². The Balaban J connectivity index is 3.07. The highest BCUT2D eigenvalue weighted by Gasteiger charge is 2.20. The second-order valence-corrected chi connectivity index (χ2v) is 7.08. The van der Waals surface area contributed by atoms with E-state index >= 15 is 0 Å². The summed E-state index contributed by atoms with van der Waals surface area (Å²) < 4.78 is 27.4. The van der Waals surface area contributed by atoms with Crippen molar-refractivity contribution in [3.63, 3.8) is 0 Å². The molecular formula is C13H18BrNO4S. The molecule has 5 nitrogen and oxygen atoms in total. The fraction of sp³-hybridized carbons (Fsp3) is 0.462. The van der Waals surface area contributed by atoms with Gasteiger partial charge in [-0.1, -0.05) is 35.7 Å². The van der Waals surface area contributed by atoms with E-state index in [1.54, 1.807) is 6.92 Å². The second kappa shape index (κ2) is 7.19. The number of carboxylic acids is 1. The molecule has 20 heavy (non-hydrogen) atoms. The summed E-state index contributed by atoms with van der Waals surface area (Å²) in [5.74, 6) is -1.16. The molecule has 0 saturated heterocycles. The van der Waals surface area contributed by atoms with Crippen molar-refractivity contribution in [2.45, 2.75) is 38.0 Å². The molecule has 2 N–H and O–H groups in total. The Morgan fingerprint density at radius 2 is 2.00 bits per heavy atom. The minimum absolute atomic E-state index is 0.000716. The van der Waals surface area contributed by atoms with Crippen molar-refractivity contribution in [3.05, 3.63) is 27.7 Å². The number of halogens is 1. The molecule has 0 aromatic heterocycles. The molecule has 0 aliphatic heterocycles. The topological polar surface area (TPSA) is 83.5 Å². The largest absolute Gasteiger partial charge is 0.478 e. The van der Waals surface area contributed by atoms with Crippen LogP contribution in [0.3, 0.4) is 0 Å². The molecule has 0 aliphatic rings. The van der Waals surface area contributed by atoms with Crippen LogP contribution < -0.4 is 4.72 Å². The Morgan fingerprint density at radius 3 is 2.55 bits per heavy atom. The lowest BCUT2D eigenvalue weighted by Gasteiger charge is -2.11. The first-order valence-electron chi connectivity index (χ1n) is 6.32. The summed E-state index contributed by atoms with van der Waals surface area (Å²) in [4.78, 5) is 11.0. The van der Waals surface area contributed by atoms with E-state index < -0.39 is 16.0 Å². The van der Waals surface area contributed by atoms with Crippen molar-refractivity contribution in [3.8, 4) is 0 Å². The van der Waals surface area contributed by atoms with Crippen LogP contribution in [0.15, 0.2) is 21.5 Å². The van der Waals surface area contributed by atoms with Crippen molar-refractivity contribution in [2.75, 3.05) is 6.54 Å². The SMILES string of the molecule is CCCCCNS(=O)(=O)c1cc(C(=O)O)cc(Br)c1C. The molecule has 112 valence electrons. The van der Waals surface area contributed by atoms with Crippen LogP contribution in [-0.4, -0.2) is 26.0 Å². The number of benzene rings is 1. The van der Waals surface area contributed by atoms with Gasteiger partial charge in [0.15, 0.2) is 0 Å². The van der Waals surface area contributed by atoms with Gasteiger partial charge in [-0.2, -0.15) is 0 Å². The minimum Gasteiger partial charge on any atom is -0.478 e. The third kappa shape index (κ3) is 4.29. The van der Waals surface area contributed by atoms with Crippen LogP contribution in [0.5, 0.6) is 0 Å². The molecule has 0 saturated carbocycles. The number of carbonyl (C=O) groups is 1. The first-order valence-corrected chi connectivity index (χ1v) is 8.60. The lowest BCUT2D eigenvalue weighted by atomic mass is 10.1. The molecule has 0 spiro atoms. The summed E-state index contributed by atoms with van der Waals surface area (Å²) in [6.45, 7) is 4.02. The zero-order valence-electron chi connectivity index (χ0n) is 11.4.